The standard InChI is InChI=1S/C23H31N3O3S/c1-17(2)25-30(28,29)21-11-10-18(3)22(14-21)23(27)24-15-19-8-4-5-9-20(19)16-26-12-6-7-13-26/h4-5,8-11,14,17,25H,6-7,12-13,15-16H2,1-3H3,(H,24,27). The highest BCUT2D eigenvalue weighted by Gasteiger charge is 2.19. The van der Waals surface area contributed by atoms with Crippen molar-refractivity contribution in [3.8, 4) is 0 Å². The second-order valence-electron chi connectivity index (χ2n) is 8.19. The summed E-state index contributed by atoms with van der Waals surface area (Å²) in [5.41, 5.74) is 3.41. The summed E-state index contributed by atoms with van der Waals surface area (Å²) in [6.45, 7) is 8.86. The molecule has 1 aliphatic heterocycles. The summed E-state index contributed by atoms with van der Waals surface area (Å²) in [5, 5.41) is 2.97. The average molecular weight is 430 g/mol. The second-order valence-corrected chi connectivity index (χ2v) is 9.90. The third-order valence-corrected chi connectivity index (χ3v) is 6.96. The Balaban J connectivity index is 1.73. The van der Waals surface area contributed by atoms with Crippen molar-refractivity contribution >= 4 is 15.9 Å². The van der Waals surface area contributed by atoms with Gasteiger partial charge in [0.25, 0.3) is 5.91 Å². The molecule has 162 valence electrons. The summed E-state index contributed by atoms with van der Waals surface area (Å²) in [6, 6.07) is 12.6. The first kappa shape index (κ1) is 22.5. The van der Waals surface area contributed by atoms with Crippen LogP contribution in [0.3, 0.4) is 0 Å². The van der Waals surface area contributed by atoms with Crippen LogP contribution in [0, 0.1) is 6.92 Å². The van der Waals surface area contributed by atoms with Gasteiger partial charge in [-0.3, -0.25) is 9.69 Å². The number of carbonyl (C=O) groups excluding carboxylic acids is 1. The fourth-order valence-electron chi connectivity index (χ4n) is 3.73. The predicted molar refractivity (Wildman–Crippen MR) is 119 cm³/mol. The van der Waals surface area contributed by atoms with Gasteiger partial charge in [0.05, 0.1) is 4.90 Å². The molecule has 1 saturated heterocycles. The number of hydrogen-bond acceptors (Lipinski definition) is 4. The number of nitrogens with one attached hydrogen (secondary N) is 2. The number of likely N-dealkylation sites (tertiary alicyclic amines) is 1. The van der Waals surface area contributed by atoms with E-state index in [0.29, 0.717) is 12.1 Å². The molecule has 2 aromatic rings. The molecule has 1 fully saturated rings. The van der Waals surface area contributed by atoms with Crippen molar-refractivity contribution in [3.63, 3.8) is 0 Å². The molecular formula is C23H31N3O3S. The summed E-state index contributed by atoms with van der Waals surface area (Å²) in [5.74, 6) is -0.273. The summed E-state index contributed by atoms with van der Waals surface area (Å²) >= 11 is 0. The van der Waals surface area contributed by atoms with E-state index >= 15 is 0 Å². The maximum absolute atomic E-state index is 12.9. The van der Waals surface area contributed by atoms with E-state index in [4.69, 9.17) is 0 Å². The molecule has 0 aromatic heterocycles. The molecule has 2 aromatic carbocycles. The lowest BCUT2D eigenvalue weighted by Gasteiger charge is -2.18. The molecule has 7 heteroatoms. The Morgan fingerprint density at radius 3 is 2.40 bits per heavy atom. The Hall–Kier alpha value is -2.22. The highest BCUT2D eigenvalue weighted by atomic mass is 32.2. The molecular weight excluding hydrogens is 398 g/mol. The van der Waals surface area contributed by atoms with Crippen LogP contribution in [0.5, 0.6) is 0 Å². The fraction of sp³-hybridized carbons (Fsp3) is 0.435. The van der Waals surface area contributed by atoms with Crippen molar-refractivity contribution in [1.82, 2.24) is 14.9 Å². The van der Waals surface area contributed by atoms with Gasteiger partial charge in [0.1, 0.15) is 0 Å². The van der Waals surface area contributed by atoms with E-state index in [9.17, 15) is 13.2 Å². The minimum Gasteiger partial charge on any atom is -0.348 e. The van der Waals surface area contributed by atoms with Gasteiger partial charge in [-0.1, -0.05) is 30.3 Å². The molecule has 0 bridgehead atoms. The Bertz CT molecular complexity index is 997. The van der Waals surface area contributed by atoms with Crippen molar-refractivity contribution in [2.24, 2.45) is 0 Å². The smallest absolute Gasteiger partial charge is 0.251 e. The first-order valence-electron chi connectivity index (χ1n) is 10.5. The Kier molecular flexibility index (Phi) is 7.28. The average Bonchev–Trinajstić information content (AvgIpc) is 3.19. The third kappa shape index (κ3) is 5.68. The summed E-state index contributed by atoms with van der Waals surface area (Å²) in [4.78, 5) is 15.4. The Labute approximate surface area is 179 Å². The maximum Gasteiger partial charge on any atom is 0.251 e. The third-order valence-electron chi connectivity index (χ3n) is 5.31. The highest BCUT2D eigenvalue weighted by molar-refractivity contribution is 7.89. The number of sulfonamides is 1. The van der Waals surface area contributed by atoms with Crippen molar-refractivity contribution in [2.45, 2.75) is 57.6 Å². The number of amides is 1. The summed E-state index contributed by atoms with van der Waals surface area (Å²) in [6.07, 6.45) is 2.48. The SMILES string of the molecule is Cc1ccc(S(=O)(=O)NC(C)C)cc1C(=O)NCc1ccccc1CN1CCCC1. The minimum atomic E-state index is -3.66. The zero-order valence-electron chi connectivity index (χ0n) is 17.9. The lowest BCUT2D eigenvalue weighted by atomic mass is 10.1. The zero-order chi connectivity index (χ0) is 21.7. The van der Waals surface area contributed by atoms with Gasteiger partial charge in [0.2, 0.25) is 10.0 Å². The molecule has 6 nitrogen and oxygen atoms in total. The number of nitrogens with zero attached hydrogens (tertiary/aromatic N) is 1. The molecule has 0 unspecified atom stereocenters. The topological polar surface area (TPSA) is 78.5 Å². The molecule has 0 radical (unpaired) electrons. The Morgan fingerprint density at radius 1 is 1.07 bits per heavy atom. The van der Waals surface area contributed by atoms with Gasteiger partial charge >= 0.3 is 0 Å². The van der Waals surface area contributed by atoms with Crippen LogP contribution in [-0.4, -0.2) is 38.4 Å². The molecule has 1 aliphatic rings. The number of rotatable bonds is 8. The van der Waals surface area contributed by atoms with Gasteiger partial charge in [0.15, 0.2) is 0 Å². The van der Waals surface area contributed by atoms with Gasteiger partial charge in [0, 0.05) is 24.7 Å². The lowest BCUT2D eigenvalue weighted by molar-refractivity contribution is 0.0950. The summed E-state index contributed by atoms with van der Waals surface area (Å²) in [7, 11) is -3.66. The van der Waals surface area contributed by atoms with E-state index in [0.717, 1.165) is 30.8 Å². The van der Waals surface area contributed by atoms with Crippen LogP contribution in [0.25, 0.3) is 0 Å². The number of aryl methyl sites for hydroxylation is 1. The molecule has 0 aliphatic carbocycles. The first-order valence-corrected chi connectivity index (χ1v) is 11.9. The van der Waals surface area contributed by atoms with Gasteiger partial charge < -0.3 is 5.32 Å². The fourth-order valence-corrected chi connectivity index (χ4v) is 5.00. The number of benzene rings is 2. The van der Waals surface area contributed by atoms with Crippen LogP contribution in [0.15, 0.2) is 47.4 Å². The zero-order valence-corrected chi connectivity index (χ0v) is 18.8. The monoisotopic (exact) mass is 429 g/mol. The normalized spacial score (nSPS) is 14.9. The van der Waals surface area contributed by atoms with Crippen LogP contribution >= 0.6 is 0 Å². The quantitative estimate of drug-likeness (QED) is 0.675. The largest absolute Gasteiger partial charge is 0.348 e. The van der Waals surface area contributed by atoms with Gasteiger partial charge in [-0.15, -0.1) is 0 Å². The van der Waals surface area contributed by atoms with E-state index < -0.39 is 10.0 Å². The van der Waals surface area contributed by atoms with Crippen LogP contribution in [0.4, 0.5) is 0 Å². The molecule has 0 spiro atoms. The maximum atomic E-state index is 12.9. The van der Waals surface area contributed by atoms with Gasteiger partial charge in [-0.05, 0) is 75.5 Å². The van der Waals surface area contributed by atoms with Crippen LogP contribution in [0.1, 0.15) is 53.7 Å². The lowest BCUT2D eigenvalue weighted by Crippen LogP contribution is -2.31. The summed E-state index contributed by atoms with van der Waals surface area (Å²) < 4.78 is 27.5. The van der Waals surface area contributed by atoms with Crippen molar-refractivity contribution in [2.75, 3.05) is 13.1 Å². The number of carbonyl (C=O) groups is 1. The molecule has 1 heterocycles. The molecule has 0 saturated carbocycles. The van der Waals surface area contributed by atoms with E-state index in [1.54, 1.807) is 19.9 Å². The molecule has 1 amide bonds. The van der Waals surface area contributed by atoms with Crippen LogP contribution < -0.4 is 10.0 Å². The molecule has 2 N–H and O–H groups in total. The predicted octanol–water partition coefficient (Wildman–Crippen LogP) is 3.21. The molecule has 0 atom stereocenters. The van der Waals surface area contributed by atoms with Gasteiger partial charge in [-0.25, -0.2) is 13.1 Å². The van der Waals surface area contributed by atoms with E-state index in [1.165, 1.54) is 30.5 Å². The van der Waals surface area contributed by atoms with Crippen molar-refractivity contribution in [1.29, 1.82) is 0 Å². The number of hydrogen-bond donors (Lipinski definition) is 2. The first-order chi connectivity index (χ1) is 14.3. The van der Waals surface area contributed by atoms with E-state index in [-0.39, 0.29) is 16.8 Å². The second kappa shape index (κ2) is 9.73. The molecule has 30 heavy (non-hydrogen) atoms. The van der Waals surface area contributed by atoms with Crippen LogP contribution in [0.2, 0.25) is 0 Å². The van der Waals surface area contributed by atoms with Crippen LogP contribution in [-0.2, 0) is 23.1 Å². The van der Waals surface area contributed by atoms with E-state index in [2.05, 4.69) is 21.0 Å². The highest BCUT2D eigenvalue weighted by Crippen LogP contribution is 2.18. The van der Waals surface area contributed by atoms with Gasteiger partial charge in [-0.2, -0.15) is 0 Å². The Morgan fingerprint density at radius 2 is 1.73 bits per heavy atom. The van der Waals surface area contributed by atoms with Crippen molar-refractivity contribution < 1.29 is 13.2 Å². The van der Waals surface area contributed by atoms with Crippen molar-refractivity contribution in [3.05, 3.63) is 64.7 Å². The minimum absolute atomic E-state index is 0.0985. The van der Waals surface area contributed by atoms with E-state index in [1.807, 2.05) is 25.1 Å². The molecule has 3 rings (SSSR count).